The van der Waals surface area contributed by atoms with E-state index in [1.54, 1.807) is 0 Å². The zero-order valence-electron chi connectivity index (χ0n) is 22.2. The van der Waals surface area contributed by atoms with E-state index in [1.165, 1.54) is 59.4 Å². The lowest BCUT2D eigenvalue weighted by atomic mass is 9.94. The number of benzene rings is 6. The van der Waals surface area contributed by atoms with Gasteiger partial charge in [0.05, 0.1) is 0 Å². The molecule has 6 aromatic carbocycles. The molecule has 0 saturated carbocycles. The Labute approximate surface area is 242 Å². The number of hydrogen-bond donors (Lipinski definition) is 0. The molecular formula is C38H25NOS. The highest BCUT2D eigenvalue weighted by atomic mass is 32.1. The zero-order valence-corrected chi connectivity index (χ0v) is 23.0. The Bertz CT molecular complexity index is 2100. The Morgan fingerprint density at radius 1 is 0.561 bits per heavy atom. The van der Waals surface area contributed by atoms with E-state index >= 15 is 0 Å². The van der Waals surface area contributed by atoms with Gasteiger partial charge in [0, 0.05) is 48.2 Å². The van der Waals surface area contributed by atoms with Crippen LogP contribution in [-0.4, -0.2) is 0 Å². The third-order valence-electron chi connectivity index (χ3n) is 8.61. The van der Waals surface area contributed by atoms with Gasteiger partial charge in [-0.3, -0.25) is 0 Å². The van der Waals surface area contributed by atoms with Crippen molar-refractivity contribution in [2.24, 2.45) is 0 Å². The SMILES string of the molecule is c1ccc(-c2cccc3c2sc2cccc(-c4cccc5c4OC4c6ccccc6N(c6ccccc6)C54)c23)cc1. The molecule has 194 valence electrons. The fourth-order valence-corrected chi connectivity index (χ4v) is 8.16. The maximum atomic E-state index is 6.99. The van der Waals surface area contributed by atoms with Gasteiger partial charge < -0.3 is 9.64 Å². The Balaban J connectivity index is 1.25. The van der Waals surface area contributed by atoms with Gasteiger partial charge in [0.1, 0.15) is 11.8 Å². The van der Waals surface area contributed by atoms with Crippen LogP contribution in [0.2, 0.25) is 0 Å². The minimum atomic E-state index is -0.0503. The summed E-state index contributed by atoms with van der Waals surface area (Å²) in [5, 5.41) is 2.61. The Morgan fingerprint density at radius 2 is 1.24 bits per heavy atom. The van der Waals surface area contributed by atoms with Crippen LogP contribution in [0.25, 0.3) is 42.4 Å². The van der Waals surface area contributed by atoms with Crippen LogP contribution in [0, 0.1) is 0 Å². The number of ether oxygens (including phenoxy) is 1. The monoisotopic (exact) mass is 543 g/mol. The Morgan fingerprint density at radius 3 is 2.12 bits per heavy atom. The first-order valence-corrected chi connectivity index (χ1v) is 14.9. The standard InChI is InChI=1S/C38H25NOS/c1-3-12-24(13-4-1)26-17-9-20-30-34-27(18-11-23-33(34)41-38(26)30)28-19-10-21-31-35-37(40-36(28)31)29-16-7-8-22-32(29)39(35)25-14-5-2-6-15-25/h1-23,35,37H. The van der Waals surface area contributed by atoms with Crippen molar-refractivity contribution < 1.29 is 4.74 Å². The van der Waals surface area contributed by atoms with E-state index in [0.717, 1.165) is 11.3 Å². The summed E-state index contributed by atoms with van der Waals surface area (Å²) < 4.78 is 9.62. The molecule has 3 heterocycles. The molecule has 2 aliphatic heterocycles. The summed E-state index contributed by atoms with van der Waals surface area (Å²) in [5.41, 5.74) is 9.84. The number of para-hydroxylation sites is 3. The van der Waals surface area contributed by atoms with E-state index < -0.39 is 0 Å². The van der Waals surface area contributed by atoms with Crippen molar-refractivity contribution in [3.05, 3.63) is 151 Å². The second kappa shape index (κ2) is 8.82. The second-order valence-corrected chi connectivity index (χ2v) is 11.9. The topological polar surface area (TPSA) is 12.5 Å². The van der Waals surface area contributed by atoms with Crippen LogP contribution < -0.4 is 9.64 Å². The van der Waals surface area contributed by atoms with Crippen LogP contribution in [0.3, 0.4) is 0 Å². The molecule has 0 amide bonds. The van der Waals surface area contributed by atoms with Crippen molar-refractivity contribution in [1.82, 2.24) is 0 Å². The summed E-state index contributed by atoms with van der Waals surface area (Å²) in [7, 11) is 0. The summed E-state index contributed by atoms with van der Waals surface area (Å²) in [6, 6.07) is 50.3. The molecule has 1 aromatic heterocycles. The molecule has 41 heavy (non-hydrogen) atoms. The van der Waals surface area contributed by atoms with Crippen LogP contribution in [0.4, 0.5) is 11.4 Å². The number of hydrogen-bond acceptors (Lipinski definition) is 3. The fraction of sp³-hybridized carbons (Fsp3) is 0.0526. The number of anilines is 2. The molecule has 2 unspecified atom stereocenters. The van der Waals surface area contributed by atoms with Crippen molar-refractivity contribution in [3.8, 4) is 28.0 Å². The Hall–Kier alpha value is -4.86. The highest BCUT2D eigenvalue weighted by Crippen LogP contribution is 2.60. The summed E-state index contributed by atoms with van der Waals surface area (Å²) in [5.74, 6) is 1.00. The average Bonchev–Trinajstić information content (AvgIpc) is 3.71. The lowest BCUT2D eigenvalue weighted by molar-refractivity contribution is 0.224. The van der Waals surface area contributed by atoms with Crippen LogP contribution >= 0.6 is 11.3 Å². The van der Waals surface area contributed by atoms with E-state index in [9.17, 15) is 0 Å². The van der Waals surface area contributed by atoms with E-state index in [1.807, 2.05) is 11.3 Å². The van der Waals surface area contributed by atoms with Crippen molar-refractivity contribution in [2.45, 2.75) is 12.1 Å². The molecule has 2 nitrogen and oxygen atoms in total. The summed E-state index contributed by atoms with van der Waals surface area (Å²) in [6.07, 6.45) is -0.0503. The van der Waals surface area contributed by atoms with Gasteiger partial charge in [0.25, 0.3) is 0 Å². The molecule has 0 N–H and O–H groups in total. The molecule has 7 aromatic rings. The quantitative estimate of drug-likeness (QED) is 0.220. The number of nitrogens with zero attached hydrogens (tertiary/aromatic N) is 1. The normalized spacial score (nSPS) is 16.9. The highest BCUT2D eigenvalue weighted by Gasteiger charge is 2.48. The molecule has 0 radical (unpaired) electrons. The third-order valence-corrected chi connectivity index (χ3v) is 9.81. The minimum absolute atomic E-state index is 0.0503. The third kappa shape index (κ3) is 3.30. The molecule has 0 spiro atoms. The molecular weight excluding hydrogens is 518 g/mol. The van der Waals surface area contributed by atoms with Gasteiger partial charge in [0.2, 0.25) is 0 Å². The number of thiophene rings is 1. The predicted octanol–water partition coefficient (Wildman–Crippen LogP) is 10.7. The molecule has 3 heteroatoms. The van der Waals surface area contributed by atoms with Crippen molar-refractivity contribution in [2.75, 3.05) is 4.90 Å². The van der Waals surface area contributed by atoms with Crippen molar-refractivity contribution in [1.29, 1.82) is 0 Å². The van der Waals surface area contributed by atoms with Gasteiger partial charge in [-0.25, -0.2) is 0 Å². The lowest BCUT2D eigenvalue weighted by Gasteiger charge is -2.26. The van der Waals surface area contributed by atoms with Crippen LogP contribution in [-0.2, 0) is 0 Å². The average molecular weight is 544 g/mol. The number of fused-ring (bicyclic) bond motifs is 8. The van der Waals surface area contributed by atoms with E-state index in [-0.39, 0.29) is 12.1 Å². The summed E-state index contributed by atoms with van der Waals surface area (Å²) >= 11 is 1.88. The van der Waals surface area contributed by atoms with Crippen molar-refractivity contribution >= 4 is 42.9 Å². The largest absolute Gasteiger partial charge is 0.482 e. The molecule has 9 rings (SSSR count). The molecule has 2 aliphatic rings. The first-order chi connectivity index (χ1) is 20.4. The predicted molar refractivity (Wildman–Crippen MR) is 171 cm³/mol. The summed E-state index contributed by atoms with van der Waals surface area (Å²) in [4.78, 5) is 2.46. The van der Waals surface area contributed by atoms with Crippen molar-refractivity contribution in [3.63, 3.8) is 0 Å². The summed E-state index contributed by atoms with van der Waals surface area (Å²) in [6.45, 7) is 0. The van der Waals surface area contributed by atoms with Gasteiger partial charge in [0.15, 0.2) is 6.10 Å². The van der Waals surface area contributed by atoms with E-state index in [4.69, 9.17) is 4.74 Å². The van der Waals surface area contributed by atoms with Gasteiger partial charge in [-0.1, -0.05) is 115 Å². The lowest BCUT2D eigenvalue weighted by Crippen LogP contribution is -2.19. The zero-order chi connectivity index (χ0) is 26.9. The minimum Gasteiger partial charge on any atom is -0.482 e. The van der Waals surface area contributed by atoms with Gasteiger partial charge in [-0.05, 0) is 41.0 Å². The second-order valence-electron chi connectivity index (χ2n) is 10.8. The van der Waals surface area contributed by atoms with Crippen LogP contribution in [0.1, 0.15) is 23.3 Å². The molecule has 0 bridgehead atoms. The first-order valence-electron chi connectivity index (χ1n) is 14.1. The van der Waals surface area contributed by atoms with Gasteiger partial charge >= 0.3 is 0 Å². The molecule has 0 saturated heterocycles. The van der Waals surface area contributed by atoms with Crippen LogP contribution in [0.5, 0.6) is 5.75 Å². The van der Waals surface area contributed by atoms with E-state index in [2.05, 4.69) is 144 Å². The first kappa shape index (κ1) is 22.9. The van der Waals surface area contributed by atoms with Gasteiger partial charge in [-0.2, -0.15) is 0 Å². The maximum absolute atomic E-state index is 6.99. The smallest absolute Gasteiger partial charge is 0.151 e. The number of rotatable bonds is 3. The fourth-order valence-electron chi connectivity index (χ4n) is 6.90. The highest BCUT2D eigenvalue weighted by molar-refractivity contribution is 7.26. The maximum Gasteiger partial charge on any atom is 0.151 e. The van der Waals surface area contributed by atoms with Gasteiger partial charge in [-0.15, -0.1) is 11.3 Å². The van der Waals surface area contributed by atoms with Crippen LogP contribution in [0.15, 0.2) is 140 Å². The molecule has 0 aliphatic carbocycles. The molecule has 2 atom stereocenters. The van der Waals surface area contributed by atoms with E-state index in [0.29, 0.717) is 0 Å². The molecule has 0 fully saturated rings. The Kier molecular flexibility index (Phi) is 4.93.